The summed E-state index contributed by atoms with van der Waals surface area (Å²) in [6.45, 7) is 3.23. The Hall–Kier alpha value is -2.50. The first-order chi connectivity index (χ1) is 13.2. The van der Waals surface area contributed by atoms with Gasteiger partial charge in [-0.2, -0.15) is 0 Å². The van der Waals surface area contributed by atoms with Crippen molar-refractivity contribution >= 4 is 17.5 Å². The molecule has 6 nitrogen and oxygen atoms in total. The summed E-state index contributed by atoms with van der Waals surface area (Å²) in [7, 11) is 0. The van der Waals surface area contributed by atoms with Gasteiger partial charge in [-0.05, 0) is 37.8 Å². The molecule has 27 heavy (non-hydrogen) atoms. The predicted molar refractivity (Wildman–Crippen MR) is 105 cm³/mol. The fraction of sp³-hybridized carbons (Fsp3) is 0.524. The highest BCUT2D eigenvalue weighted by Crippen LogP contribution is 2.29. The normalized spacial score (nSPS) is 17.4. The third kappa shape index (κ3) is 4.26. The quantitative estimate of drug-likeness (QED) is 0.893. The van der Waals surface area contributed by atoms with Crippen LogP contribution in [0.1, 0.15) is 55.6 Å². The molecule has 0 bridgehead atoms. The minimum absolute atomic E-state index is 0.275. The van der Waals surface area contributed by atoms with Crippen molar-refractivity contribution in [3.8, 4) is 0 Å². The van der Waals surface area contributed by atoms with Crippen molar-refractivity contribution < 1.29 is 4.79 Å². The summed E-state index contributed by atoms with van der Waals surface area (Å²) >= 11 is 0. The summed E-state index contributed by atoms with van der Waals surface area (Å²) in [6.07, 6.45) is 9.48. The van der Waals surface area contributed by atoms with Crippen LogP contribution in [0, 0.1) is 12.8 Å². The average Bonchev–Trinajstić information content (AvgIpc) is 2.69. The van der Waals surface area contributed by atoms with E-state index < -0.39 is 0 Å². The maximum atomic E-state index is 12.9. The molecule has 0 aromatic carbocycles. The summed E-state index contributed by atoms with van der Waals surface area (Å²) < 4.78 is 0. The maximum Gasteiger partial charge on any atom is 0.223 e. The first-order valence-corrected chi connectivity index (χ1v) is 10.0. The largest absolute Gasteiger partial charge is 0.338 e. The van der Waals surface area contributed by atoms with Gasteiger partial charge in [0, 0.05) is 31.1 Å². The first kappa shape index (κ1) is 17.9. The molecule has 1 aliphatic heterocycles. The van der Waals surface area contributed by atoms with Gasteiger partial charge in [0.1, 0.15) is 17.5 Å². The van der Waals surface area contributed by atoms with Crippen molar-refractivity contribution in [3.63, 3.8) is 0 Å². The fourth-order valence-electron chi connectivity index (χ4n) is 4.18. The lowest BCUT2D eigenvalue weighted by molar-refractivity contribution is -0.133. The molecular weight excluding hydrogens is 338 g/mol. The van der Waals surface area contributed by atoms with E-state index >= 15 is 0 Å². The summed E-state index contributed by atoms with van der Waals surface area (Å²) in [5, 5.41) is 3.31. The van der Waals surface area contributed by atoms with Crippen molar-refractivity contribution in [1.29, 1.82) is 0 Å². The number of aryl methyl sites for hydroxylation is 1. The van der Waals surface area contributed by atoms with E-state index in [9.17, 15) is 4.79 Å². The zero-order chi connectivity index (χ0) is 18.6. The number of nitrogens with one attached hydrogen (secondary N) is 1. The summed E-state index contributed by atoms with van der Waals surface area (Å²) in [5.74, 6) is 3.11. The van der Waals surface area contributed by atoms with Crippen LogP contribution in [0.2, 0.25) is 0 Å². The number of carbonyl (C=O) groups excluding carboxylic acids is 1. The Morgan fingerprint density at radius 3 is 2.85 bits per heavy atom. The van der Waals surface area contributed by atoms with E-state index in [4.69, 9.17) is 0 Å². The Morgan fingerprint density at radius 2 is 2.07 bits per heavy atom. The van der Waals surface area contributed by atoms with Crippen molar-refractivity contribution in [1.82, 2.24) is 19.9 Å². The topological polar surface area (TPSA) is 71.0 Å². The van der Waals surface area contributed by atoms with Crippen LogP contribution in [-0.4, -0.2) is 32.3 Å². The molecule has 0 unspecified atom stereocenters. The van der Waals surface area contributed by atoms with Crippen LogP contribution in [0.4, 0.5) is 11.6 Å². The molecule has 3 heterocycles. The van der Waals surface area contributed by atoms with Crippen LogP contribution in [0.3, 0.4) is 0 Å². The summed E-state index contributed by atoms with van der Waals surface area (Å²) in [6, 6.07) is 5.74. The molecule has 1 N–H and O–H groups in total. The number of amides is 1. The Kier molecular flexibility index (Phi) is 5.32. The highest BCUT2D eigenvalue weighted by molar-refractivity contribution is 5.77. The number of anilines is 2. The Balaban J connectivity index is 1.51. The van der Waals surface area contributed by atoms with E-state index in [-0.39, 0.29) is 5.91 Å². The molecule has 2 aromatic rings. The van der Waals surface area contributed by atoms with Crippen LogP contribution in [0.5, 0.6) is 0 Å². The smallest absolute Gasteiger partial charge is 0.223 e. The lowest BCUT2D eigenvalue weighted by atomic mass is 9.86. The zero-order valence-electron chi connectivity index (χ0n) is 15.9. The van der Waals surface area contributed by atoms with Crippen LogP contribution >= 0.6 is 0 Å². The molecule has 2 aliphatic rings. The van der Waals surface area contributed by atoms with Crippen LogP contribution in [0.15, 0.2) is 24.4 Å². The highest BCUT2D eigenvalue weighted by Gasteiger charge is 2.27. The van der Waals surface area contributed by atoms with Crippen molar-refractivity contribution in [2.45, 2.75) is 58.4 Å². The van der Waals surface area contributed by atoms with Gasteiger partial charge in [-0.15, -0.1) is 0 Å². The second-order valence-electron chi connectivity index (χ2n) is 7.66. The minimum atomic E-state index is 0.275. The Labute approximate surface area is 160 Å². The van der Waals surface area contributed by atoms with Gasteiger partial charge in [-0.1, -0.05) is 25.3 Å². The van der Waals surface area contributed by atoms with E-state index in [1.807, 2.05) is 30.0 Å². The summed E-state index contributed by atoms with van der Waals surface area (Å²) in [5.41, 5.74) is 2.07. The second kappa shape index (κ2) is 8.03. The number of pyridine rings is 1. The van der Waals surface area contributed by atoms with Gasteiger partial charge in [0.05, 0.1) is 12.2 Å². The van der Waals surface area contributed by atoms with Gasteiger partial charge in [0.25, 0.3) is 0 Å². The number of nitrogens with zero attached hydrogens (tertiary/aromatic N) is 4. The number of fused-ring (bicyclic) bond motifs is 1. The third-order valence-electron chi connectivity index (χ3n) is 5.62. The lowest BCUT2D eigenvalue weighted by Crippen LogP contribution is -2.38. The van der Waals surface area contributed by atoms with E-state index in [1.54, 1.807) is 6.20 Å². The van der Waals surface area contributed by atoms with Crippen molar-refractivity contribution in [2.24, 2.45) is 5.92 Å². The summed E-state index contributed by atoms with van der Waals surface area (Å²) in [4.78, 5) is 28.4. The van der Waals surface area contributed by atoms with E-state index in [2.05, 4.69) is 20.3 Å². The van der Waals surface area contributed by atoms with Crippen LogP contribution in [0.25, 0.3) is 0 Å². The van der Waals surface area contributed by atoms with Gasteiger partial charge in [0.15, 0.2) is 0 Å². The van der Waals surface area contributed by atoms with Gasteiger partial charge in [-0.3, -0.25) is 4.79 Å². The molecule has 1 aliphatic carbocycles. The number of rotatable bonds is 4. The first-order valence-electron chi connectivity index (χ1n) is 10.0. The molecule has 0 atom stereocenters. The second-order valence-corrected chi connectivity index (χ2v) is 7.66. The molecule has 4 rings (SSSR count). The minimum Gasteiger partial charge on any atom is -0.338 e. The van der Waals surface area contributed by atoms with Gasteiger partial charge < -0.3 is 10.2 Å². The molecule has 0 saturated heterocycles. The van der Waals surface area contributed by atoms with Crippen molar-refractivity contribution in [3.05, 3.63) is 41.5 Å². The molecule has 6 heteroatoms. The monoisotopic (exact) mass is 365 g/mol. The van der Waals surface area contributed by atoms with E-state index in [0.29, 0.717) is 18.9 Å². The standard InChI is InChI=1S/C21H27N5O/c1-15-23-18-10-12-26(20(27)13-16-7-3-2-4-8-16)14-17(18)21(24-15)25-19-9-5-6-11-22-19/h5-6,9,11,16H,2-4,7-8,10,12-14H2,1H3,(H,22,23,24,25). The lowest BCUT2D eigenvalue weighted by Gasteiger charge is -2.31. The van der Waals surface area contributed by atoms with Gasteiger partial charge in [-0.25, -0.2) is 15.0 Å². The SMILES string of the molecule is Cc1nc2c(c(Nc3ccccn3)n1)CN(C(=O)CC1CCCCC1)CC2. The molecular formula is C21H27N5O. The van der Waals surface area contributed by atoms with E-state index in [1.165, 1.54) is 32.1 Å². The number of carbonyl (C=O) groups is 1. The maximum absolute atomic E-state index is 12.9. The van der Waals surface area contributed by atoms with E-state index in [0.717, 1.165) is 41.7 Å². The van der Waals surface area contributed by atoms with Gasteiger partial charge in [0.2, 0.25) is 5.91 Å². The van der Waals surface area contributed by atoms with Crippen molar-refractivity contribution in [2.75, 3.05) is 11.9 Å². The molecule has 142 valence electrons. The molecule has 0 spiro atoms. The molecule has 0 radical (unpaired) electrons. The fourth-order valence-corrected chi connectivity index (χ4v) is 4.18. The molecule has 1 fully saturated rings. The predicted octanol–water partition coefficient (Wildman–Crippen LogP) is 3.78. The zero-order valence-corrected chi connectivity index (χ0v) is 15.9. The third-order valence-corrected chi connectivity index (χ3v) is 5.62. The van der Waals surface area contributed by atoms with Gasteiger partial charge >= 0.3 is 0 Å². The van der Waals surface area contributed by atoms with Crippen LogP contribution in [-0.2, 0) is 17.8 Å². The number of aromatic nitrogens is 3. The molecule has 2 aromatic heterocycles. The Morgan fingerprint density at radius 1 is 1.22 bits per heavy atom. The highest BCUT2D eigenvalue weighted by atomic mass is 16.2. The average molecular weight is 365 g/mol. The van der Waals surface area contributed by atoms with Crippen LogP contribution < -0.4 is 5.32 Å². The Bertz CT molecular complexity index is 802. The number of hydrogen-bond donors (Lipinski definition) is 1. The molecule has 1 saturated carbocycles. The number of hydrogen-bond acceptors (Lipinski definition) is 5. The molecule has 1 amide bonds.